The average molecular weight is 196 g/mol. The summed E-state index contributed by atoms with van der Waals surface area (Å²) >= 11 is 0. The second kappa shape index (κ2) is 4.60. The maximum atomic E-state index is 5.19. The molecule has 1 aromatic carbocycles. The van der Waals surface area contributed by atoms with Crippen molar-refractivity contribution < 1.29 is 14.2 Å². The van der Waals surface area contributed by atoms with Gasteiger partial charge in [-0.1, -0.05) is 0 Å². The van der Waals surface area contributed by atoms with Gasteiger partial charge in [0.1, 0.15) is 0 Å². The molecule has 0 aliphatic carbocycles. The predicted octanol–water partition coefficient (Wildman–Crippen LogP) is 1.92. The van der Waals surface area contributed by atoms with Crippen LogP contribution in [0.1, 0.15) is 0 Å². The summed E-state index contributed by atoms with van der Waals surface area (Å²) in [7, 11) is 8.28. The fourth-order valence-corrected chi connectivity index (χ4v) is 1.24. The van der Waals surface area contributed by atoms with Gasteiger partial charge in [0, 0.05) is 7.05 Å². The summed E-state index contributed by atoms with van der Waals surface area (Å²) in [4.78, 5) is 0. The van der Waals surface area contributed by atoms with Gasteiger partial charge in [-0.25, -0.2) is 0 Å². The van der Waals surface area contributed by atoms with Crippen LogP contribution in [0, 0.1) is 7.05 Å². The maximum Gasteiger partial charge on any atom is 0.205 e. The smallest absolute Gasteiger partial charge is 0.205 e. The molecule has 1 aromatic rings. The van der Waals surface area contributed by atoms with E-state index in [-0.39, 0.29) is 0 Å². The Hall–Kier alpha value is -1.58. The first-order valence-electron chi connectivity index (χ1n) is 4.10. The van der Waals surface area contributed by atoms with Crippen molar-refractivity contribution in [3.05, 3.63) is 19.2 Å². The third-order valence-electron chi connectivity index (χ3n) is 1.89. The number of hydrogen-bond acceptors (Lipinski definition) is 4. The minimum Gasteiger partial charge on any atom is -0.493 e. The monoisotopic (exact) mass is 196 g/mol. The van der Waals surface area contributed by atoms with Crippen LogP contribution in [0.4, 0.5) is 5.69 Å². The van der Waals surface area contributed by atoms with Crippen molar-refractivity contribution in [3.63, 3.8) is 0 Å². The van der Waals surface area contributed by atoms with Crippen LogP contribution in [0.15, 0.2) is 12.1 Å². The maximum absolute atomic E-state index is 5.19. The molecule has 1 radical (unpaired) electrons. The molecule has 0 heterocycles. The fourth-order valence-electron chi connectivity index (χ4n) is 1.24. The van der Waals surface area contributed by atoms with Crippen LogP contribution >= 0.6 is 0 Å². The topological polar surface area (TPSA) is 39.7 Å². The highest BCUT2D eigenvalue weighted by Crippen LogP contribution is 2.42. The molecule has 4 heteroatoms. The molecule has 0 unspecified atom stereocenters. The highest BCUT2D eigenvalue weighted by atomic mass is 16.5. The van der Waals surface area contributed by atoms with Gasteiger partial charge in [0.15, 0.2) is 11.5 Å². The number of anilines is 1. The van der Waals surface area contributed by atoms with E-state index in [4.69, 9.17) is 14.2 Å². The summed E-state index contributed by atoms with van der Waals surface area (Å²) in [5.74, 6) is 1.77. The highest BCUT2D eigenvalue weighted by molar-refractivity contribution is 5.68. The average Bonchev–Trinajstić information content (AvgIpc) is 2.26. The van der Waals surface area contributed by atoms with E-state index in [1.165, 1.54) is 0 Å². The molecule has 1 N–H and O–H groups in total. The molecule has 0 fully saturated rings. The molecule has 0 spiro atoms. The van der Waals surface area contributed by atoms with Crippen molar-refractivity contribution in [2.24, 2.45) is 0 Å². The normalized spacial score (nSPS) is 9.43. The molecule has 0 atom stereocenters. The minimum absolute atomic E-state index is 0.559. The van der Waals surface area contributed by atoms with E-state index in [1.54, 1.807) is 27.4 Å². The number of benzene rings is 1. The number of ether oxygens (including phenoxy) is 3. The summed E-state index contributed by atoms with van der Waals surface area (Å²) in [6.07, 6.45) is 0. The second-order valence-electron chi connectivity index (χ2n) is 2.56. The van der Waals surface area contributed by atoms with Gasteiger partial charge >= 0.3 is 0 Å². The van der Waals surface area contributed by atoms with Crippen LogP contribution < -0.4 is 19.5 Å². The van der Waals surface area contributed by atoms with Gasteiger partial charge < -0.3 is 19.5 Å². The Morgan fingerprint density at radius 3 is 2.07 bits per heavy atom. The first kappa shape index (κ1) is 10.5. The van der Waals surface area contributed by atoms with Gasteiger partial charge in [-0.3, -0.25) is 0 Å². The van der Waals surface area contributed by atoms with E-state index in [1.807, 2.05) is 6.07 Å². The molecule has 0 bridgehead atoms. The summed E-state index contributed by atoms with van der Waals surface area (Å²) in [5.41, 5.74) is 0.755. The molecule has 4 nitrogen and oxygen atoms in total. The zero-order chi connectivity index (χ0) is 10.6. The molecule has 0 aliphatic heterocycles. The molecule has 14 heavy (non-hydrogen) atoms. The summed E-state index contributed by atoms with van der Waals surface area (Å²) < 4.78 is 15.5. The lowest BCUT2D eigenvalue weighted by molar-refractivity contribution is 0.325. The SMILES string of the molecule is [CH2]Nc1ccc(OC)c(OC)c1OC. The first-order chi connectivity index (χ1) is 6.78. The van der Waals surface area contributed by atoms with Crippen LogP contribution in [0.25, 0.3) is 0 Å². The molecule has 77 valence electrons. The van der Waals surface area contributed by atoms with Crippen LogP contribution in [0.5, 0.6) is 17.2 Å². The van der Waals surface area contributed by atoms with E-state index < -0.39 is 0 Å². The quantitative estimate of drug-likeness (QED) is 0.798. The molecule has 0 saturated carbocycles. The molecule has 1 rings (SSSR count). The molecule has 0 aliphatic rings. The molecular formula is C10H14NO3. The van der Waals surface area contributed by atoms with Crippen molar-refractivity contribution >= 4 is 5.69 Å². The summed E-state index contributed by atoms with van der Waals surface area (Å²) in [6, 6.07) is 3.60. The standard InChI is InChI=1S/C10H14NO3/c1-11-7-5-6-8(12-2)10(14-4)9(7)13-3/h5-6,11H,1H2,2-4H3. The van der Waals surface area contributed by atoms with Gasteiger partial charge in [-0.05, 0) is 12.1 Å². The van der Waals surface area contributed by atoms with Crippen molar-refractivity contribution in [1.82, 2.24) is 0 Å². The largest absolute Gasteiger partial charge is 0.493 e. The van der Waals surface area contributed by atoms with Gasteiger partial charge in [0.2, 0.25) is 5.75 Å². The molecule has 0 saturated heterocycles. The fraction of sp³-hybridized carbons (Fsp3) is 0.300. The number of nitrogens with one attached hydrogen (secondary N) is 1. The molecule has 0 amide bonds. The zero-order valence-corrected chi connectivity index (χ0v) is 8.59. The van der Waals surface area contributed by atoms with Crippen LogP contribution in [-0.2, 0) is 0 Å². The van der Waals surface area contributed by atoms with E-state index >= 15 is 0 Å². The van der Waals surface area contributed by atoms with E-state index in [9.17, 15) is 0 Å². The highest BCUT2D eigenvalue weighted by Gasteiger charge is 2.14. The Morgan fingerprint density at radius 2 is 1.64 bits per heavy atom. The van der Waals surface area contributed by atoms with Crippen LogP contribution in [0.3, 0.4) is 0 Å². The van der Waals surface area contributed by atoms with E-state index in [2.05, 4.69) is 12.4 Å². The second-order valence-corrected chi connectivity index (χ2v) is 2.56. The van der Waals surface area contributed by atoms with E-state index in [0.717, 1.165) is 5.69 Å². The Labute approximate surface area is 83.8 Å². The number of methoxy groups -OCH3 is 3. The third kappa shape index (κ3) is 1.69. The number of hydrogen-bond donors (Lipinski definition) is 1. The van der Waals surface area contributed by atoms with Gasteiger partial charge in [-0.2, -0.15) is 0 Å². The molecular weight excluding hydrogens is 182 g/mol. The Kier molecular flexibility index (Phi) is 3.45. The van der Waals surface area contributed by atoms with Gasteiger partial charge in [0.05, 0.1) is 27.0 Å². The lowest BCUT2D eigenvalue weighted by Gasteiger charge is -2.14. The lowest BCUT2D eigenvalue weighted by Crippen LogP contribution is -1.98. The molecule has 0 aromatic heterocycles. The zero-order valence-electron chi connectivity index (χ0n) is 8.59. The predicted molar refractivity (Wildman–Crippen MR) is 55.1 cm³/mol. The number of rotatable bonds is 4. The Morgan fingerprint density at radius 1 is 1.00 bits per heavy atom. The van der Waals surface area contributed by atoms with Gasteiger partial charge in [-0.15, -0.1) is 0 Å². The minimum atomic E-state index is 0.559. The summed E-state index contributed by atoms with van der Waals surface area (Å²) in [5, 5.41) is 2.76. The first-order valence-corrected chi connectivity index (χ1v) is 4.10. The third-order valence-corrected chi connectivity index (χ3v) is 1.89. The van der Waals surface area contributed by atoms with Crippen molar-refractivity contribution in [1.29, 1.82) is 0 Å². The Balaban J connectivity index is 3.28. The van der Waals surface area contributed by atoms with Gasteiger partial charge in [0.25, 0.3) is 0 Å². The van der Waals surface area contributed by atoms with Crippen molar-refractivity contribution in [3.8, 4) is 17.2 Å². The lowest BCUT2D eigenvalue weighted by atomic mass is 10.2. The summed E-state index contributed by atoms with van der Waals surface area (Å²) in [6.45, 7) is 0. The Bertz CT molecular complexity index is 281. The van der Waals surface area contributed by atoms with Crippen molar-refractivity contribution in [2.75, 3.05) is 26.6 Å². The van der Waals surface area contributed by atoms with Crippen molar-refractivity contribution in [2.45, 2.75) is 0 Å². The van der Waals surface area contributed by atoms with Crippen LogP contribution in [-0.4, -0.2) is 21.3 Å². The van der Waals surface area contributed by atoms with Crippen LogP contribution in [0.2, 0.25) is 0 Å². The van der Waals surface area contributed by atoms with E-state index in [0.29, 0.717) is 17.2 Å².